The van der Waals surface area contributed by atoms with Crippen LogP contribution >= 0.6 is 0 Å². The Hall–Kier alpha value is -0.810. The van der Waals surface area contributed by atoms with Gasteiger partial charge in [0.1, 0.15) is 0 Å². The van der Waals surface area contributed by atoms with Crippen LogP contribution in [0, 0.1) is 0 Å². The highest BCUT2D eigenvalue weighted by atomic mass is 16.5. The Kier molecular flexibility index (Phi) is 3.11. The molecule has 0 spiro atoms. The summed E-state index contributed by atoms with van der Waals surface area (Å²) in [4.78, 5) is 12.0. The first-order valence-corrected chi connectivity index (χ1v) is 4.34. The van der Waals surface area contributed by atoms with Gasteiger partial charge in [-0.1, -0.05) is 0 Å². The van der Waals surface area contributed by atoms with Gasteiger partial charge in [0, 0.05) is 33.1 Å². The first-order chi connectivity index (χ1) is 6.03. The van der Waals surface area contributed by atoms with Crippen LogP contribution in [0.4, 0.5) is 4.79 Å². The van der Waals surface area contributed by atoms with Crippen LogP contribution in [0.15, 0.2) is 0 Å². The van der Waals surface area contributed by atoms with Crippen LogP contribution in [0.25, 0.3) is 0 Å². The Morgan fingerprint density at radius 2 is 2.15 bits per heavy atom. The Labute approximate surface area is 77.5 Å². The maximum Gasteiger partial charge on any atom is 0.314 e. The van der Waals surface area contributed by atoms with Crippen molar-refractivity contribution in [1.29, 1.82) is 0 Å². The molecule has 13 heavy (non-hydrogen) atoms. The van der Waals surface area contributed by atoms with Crippen LogP contribution in [-0.4, -0.2) is 48.4 Å². The van der Waals surface area contributed by atoms with E-state index in [0.717, 1.165) is 0 Å². The van der Waals surface area contributed by atoms with Gasteiger partial charge in [0.05, 0.1) is 12.1 Å². The largest absolute Gasteiger partial charge is 0.388 e. The Morgan fingerprint density at radius 3 is 2.62 bits per heavy atom. The van der Waals surface area contributed by atoms with Crippen molar-refractivity contribution in [2.45, 2.75) is 18.4 Å². The molecule has 76 valence electrons. The average Bonchev–Trinajstić information content (AvgIpc) is 2.04. The Balaban J connectivity index is 2.45. The lowest BCUT2D eigenvalue weighted by Crippen LogP contribution is -2.48. The average molecular weight is 188 g/mol. The molecule has 0 bridgehead atoms. The van der Waals surface area contributed by atoms with Crippen LogP contribution in [0.2, 0.25) is 0 Å². The van der Waals surface area contributed by atoms with E-state index in [1.807, 2.05) is 0 Å². The molecule has 1 saturated heterocycles. The molecule has 0 aromatic rings. The van der Waals surface area contributed by atoms with Crippen molar-refractivity contribution in [1.82, 2.24) is 4.90 Å². The molecule has 1 heterocycles. The molecule has 1 aliphatic rings. The van der Waals surface area contributed by atoms with Crippen LogP contribution in [-0.2, 0) is 4.74 Å². The molecule has 0 atom stereocenters. The normalized spacial score (nSPS) is 21.1. The summed E-state index contributed by atoms with van der Waals surface area (Å²) in [5, 5.41) is 9.96. The summed E-state index contributed by atoms with van der Waals surface area (Å²) >= 11 is 0. The predicted octanol–water partition coefficient (Wildman–Crippen LogP) is -0.462. The number of primary amides is 1. The minimum atomic E-state index is -0.817. The summed E-state index contributed by atoms with van der Waals surface area (Å²) in [6, 6.07) is -0.514. The van der Waals surface area contributed by atoms with Crippen molar-refractivity contribution in [3.05, 3.63) is 0 Å². The van der Waals surface area contributed by atoms with Crippen LogP contribution < -0.4 is 5.73 Å². The highest BCUT2D eigenvalue weighted by molar-refractivity contribution is 5.71. The highest BCUT2D eigenvalue weighted by Crippen LogP contribution is 2.20. The van der Waals surface area contributed by atoms with Crippen molar-refractivity contribution < 1.29 is 14.6 Å². The molecular weight excluding hydrogens is 172 g/mol. The number of aliphatic hydroxyl groups is 1. The lowest BCUT2D eigenvalue weighted by Gasteiger charge is -2.34. The third kappa shape index (κ3) is 2.86. The number of likely N-dealkylation sites (N-methyl/N-ethyl adjacent to an activating group) is 1. The summed E-state index contributed by atoms with van der Waals surface area (Å²) in [5.74, 6) is 0. The number of hydrogen-bond donors (Lipinski definition) is 2. The lowest BCUT2D eigenvalue weighted by atomic mass is 9.94. The lowest BCUT2D eigenvalue weighted by molar-refractivity contribution is -0.0719. The van der Waals surface area contributed by atoms with Gasteiger partial charge in [-0.2, -0.15) is 0 Å². The molecule has 2 amide bonds. The zero-order chi connectivity index (χ0) is 9.90. The minimum Gasteiger partial charge on any atom is -0.388 e. The zero-order valence-corrected chi connectivity index (χ0v) is 7.82. The first kappa shape index (κ1) is 10.3. The maximum absolute atomic E-state index is 10.7. The van der Waals surface area contributed by atoms with E-state index in [9.17, 15) is 9.90 Å². The monoisotopic (exact) mass is 188 g/mol. The van der Waals surface area contributed by atoms with E-state index in [0.29, 0.717) is 26.1 Å². The van der Waals surface area contributed by atoms with E-state index in [-0.39, 0.29) is 6.54 Å². The van der Waals surface area contributed by atoms with E-state index < -0.39 is 11.6 Å². The second-order valence-corrected chi connectivity index (χ2v) is 3.53. The Bertz CT molecular complexity index is 190. The van der Waals surface area contributed by atoms with Crippen LogP contribution in [0.3, 0.4) is 0 Å². The number of hydrogen-bond acceptors (Lipinski definition) is 3. The molecule has 1 aliphatic heterocycles. The minimum absolute atomic E-state index is 0.283. The molecule has 5 nitrogen and oxygen atoms in total. The maximum atomic E-state index is 10.7. The third-order valence-electron chi connectivity index (χ3n) is 2.33. The number of carbonyl (C=O) groups is 1. The summed E-state index contributed by atoms with van der Waals surface area (Å²) in [7, 11) is 1.58. The van der Waals surface area contributed by atoms with Crippen LogP contribution in [0.5, 0.6) is 0 Å². The highest BCUT2D eigenvalue weighted by Gasteiger charge is 2.31. The van der Waals surface area contributed by atoms with Crippen molar-refractivity contribution in [2.75, 3.05) is 26.8 Å². The van der Waals surface area contributed by atoms with E-state index in [1.165, 1.54) is 4.90 Å². The summed E-state index contributed by atoms with van der Waals surface area (Å²) < 4.78 is 5.11. The van der Waals surface area contributed by atoms with Crippen LogP contribution in [0.1, 0.15) is 12.8 Å². The number of carbonyl (C=O) groups excluding carboxylic acids is 1. The molecule has 0 aliphatic carbocycles. The molecule has 0 aromatic carbocycles. The van der Waals surface area contributed by atoms with Gasteiger partial charge in [0.25, 0.3) is 0 Å². The summed E-state index contributed by atoms with van der Waals surface area (Å²) in [6.45, 7) is 1.37. The fourth-order valence-electron chi connectivity index (χ4n) is 1.43. The molecule has 5 heteroatoms. The van der Waals surface area contributed by atoms with Gasteiger partial charge in [0.2, 0.25) is 0 Å². The zero-order valence-electron chi connectivity index (χ0n) is 7.82. The molecule has 0 unspecified atom stereocenters. The second kappa shape index (κ2) is 3.93. The van der Waals surface area contributed by atoms with E-state index in [4.69, 9.17) is 10.5 Å². The van der Waals surface area contributed by atoms with E-state index in [2.05, 4.69) is 0 Å². The predicted molar refractivity (Wildman–Crippen MR) is 47.2 cm³/mol. The molecular formula is C8H16N2O3. The third-order valence-corrected chi connectivity index (χ3v) is 2.33. The number of nitrogens with zero attached hydrogens (tertiary/aromatic N) is 1. The number of urea groups is 1. The summed E-state index contributed by atoms with van der Waals surface area (Å²) in [5.41, 5.74) is 4.24. The number of nitrogens with two attached hydrogens (primary N) is 1. The first-order valence-electron chi connectivity index (χ1n) is 4.34. The number of amides is 2. The van der Waals surface area contributed by atoms with Crippen molar-refractivity contribution in [3.8, 4) is 0 Å². The summed E-state index contributed by atoms with van der Waals surface area (Å²) in [6.07, 6.45) is 1.12. The van der Waals surface area contributed by atoms with Gasteiger partial charge in [-0.05, 0) is 0 Å². The van der Waals surface area contributed by atoms with Gasteiger partial charge in [0.15, 0.2) is 0 Å². The smallest absolute Gasteiger partial charge is 0.314 e. The molecule has 0 aromatic heterocycles. The SMILES string of the molecule is CN(CC1(O)CCOCC1)C(N)=O. The molecule has 1 fully saturated rings. The van der Waals surface area contributed by atoms with Crippen molar-refractivity contribution in [2.24, 2.45) is 5.73 Å². The van der Waals surface area contributed by atoms with Gasteiger partial charge in [-0.15, -0.1) is 0 Å². The van der Waals surface area contributed by atoms with Crippen molar-refractivity contribution >= 4 is 6.03 Å². The molecule has 1 rings (SSSR count). The Morgan fingerprint density at radius 1 is 1.62 bits per heavy atom. The van der Waals surface area contributed by atoms with Gasteiger partial charge < -0.3 is 20.5 Å². The van der Waals surface area contributed by atoms with Gasteiger partial charge in [-0.25, -0.2) is 4.79 Å². The topological polar surface area (TPSA) is 75.8 Å². The quantitative estimate of drug-likeness (QED) is 0.615. The molecule has 0 radical (unpaired) electrons. The number of ether oxygens (including phenoxy) is 1. The standard InChI is InChI=1S/C8H16N2O3/c1-10(7(9)11)6-8(12)2-4-13-5-3-8/h12H,2-6H2,1H3,(H2,9,11). The molecule has 0 saturated carbocycles. The number of rotatable bonds is 2. The van der Waals surface area contributed by atoms with Crippen molar-refractivity contribution in [3.63, 3.8) is 0 Å². The second-order valence-electron chi connectivity index (χ2n) is 3.53. The van der Waals surface area contributed by atoms with Gasteiger partial charge >= 0.3 is 6.03 Å². The van der Waals surface area contributed by atoms with E-state index in [1.54, 1.807) is 7.05 Å². The van der Waals surface area contributed by atoms with Gasteiger partial charge in [-0.3, -0.25) is 0 Å². The molecule has 3 N–H and O–H groups in total. The van der Waals surface area contributed by atoms with E-state index >= 15 is 0 Å². The fourth-order valence-corrected chi connectivity index (χ4v) is 1.43. The fraction of sp³-hybridized carbons (Fsp3) is 0.875.